The smallest absolute Gasteiger partial charge is 0.126 e. The van der Waals surface area contributed by atoms with Gasteiger partial charge in [-0.2, -0.15) is 0 Å². The molecule has 0 atom stereocenters. The van der Waals surface area contributed by atoms with Crippen LogP contribution in [0.25, 0.3) is 0 Å². The second kappa shape index (κ2) is 4.37. The number of benzene rings is 1. The van der Waals surface area contributed by atoms with Crippen LogP contribution >= 0.6 is 11.6 Å². The minimum atomic E-state index is -0.400. The summed E-state index contributed by atoms with van der Waals surface area (Å²) in [5.74, 6) is -0.400. The molecule has 0 saturated heterocycles. The highest BCUT2D eigenvalue weighted by Crippen LogP contribution is 2.24. The van der Waals surface area contributed by atoms with Gasteiger partial charge in [0.05, 0.1) is 17.6 Å². The van der Waals surface area contributed by atoms with Gasteiger partial charge in [-0.25, -0.2) is 4.39 Å². The highest BCUT2D eigenvalue weighted by molar-refractivity contribution is 6.30. The summed E-state index contributed by atoms with van der Waals surface area (Å²) in [5, 5.41) is 3.29. The number of nitrogen functional groups attached to an aromatic ring is 1. The molecule has 0 aliphatic heterocycles. The van der Waals surface area contributed by atoms with Crippen molar-refractivity contribution in [2.75, 3.05) is 11.1 Å². The zero-order chi connectivity index (χ0) is 11.5. The zero-order valence-electron chi connectivity index (χ0n) is 8.24. The van der Waals surface area contributed by atoms with Gasteiger partial charge in [-0.3, -0.25) is 4.98 Å². The largest absolute Gasteiger partial charge is 0.396 e. The van der Waals surface area contributed by atoms with Crippen molar-refractivity contribution in [3.05, 3.63) is 47.5 Å². The van der Waals surface area contributed by atoms with Gasteiger partial charge in [0.25, 0.3) is 0 Å². The molecule has 0 fully saturated rings. The summed E-state index contributed by atoms with van der Waals surface area (Å²) in [5.41, 5.74) is 7.39. The van der Waals surface area contributed by atoms with Crippen molar-refractivity contribution in [2.45, 2.75) is 0 Å². The lowest BCUT2D eigenvalue weighted by atomic mass is 10.3. The Morgan fingerprint density at radius 1 is 1.31 bits per heavy atom. The molecule has 1 heterocycles. The monoisotopic (exact) mass is 237 g/mol. The molecule has 2 rings (SSSR count). The highest BCUT2D eigenvalue weighted by atomic mass is 35.5. The maximum Gasteiger partial charge on any atom is 0.126 e. The van der Waals surface area contributed by atoms with Gasteiger partial charge >= 0.3 is 0 Å². The van der Waals surface area contributed by atoms with Crippen molar-refractivity contribution in [3.8, 4) is 0 Å². The predicted molar refractivity (Wildman–Crippen MR) is 63.3 cm³/mol. The second-order valence-corrected chi connectivity index (χ2v) is 3.68. The Labute approximate surface area is 97.1 Å². The van der Waals surface area contributed by atoms with E-state index in [0.717, 1.165) is 0 Å². The fourth-order valence-corrected chi connectivity index (χ4v) is 1.52. The molecular weight excluding hydrogens is 229 g/mol. The van der Waals surface area contributed by atoms with E-state index in [1.54, 1.807) is 18.3 Å². The number of halogens is 2. The van der Waals surface area contributed by atoms with Crippen molar-refractivity contribution in [1.82, 2.24) is 4.98 Å². The molecule has 0 saturated carbocycles. The molecule has 82 valence electrons. The van der Waals surface area contributed by atoms with Gasteiger partial charge < -0.3 is 11.1 Å². The number of hydrogen-bond acceptors (Lipinski definition) is 3. The lowest BCUT2D eigenvalue weighted by Crippen LogP contribution is -1.97. The maximum absolute atomic E-state index is 13.1. The molecular formula is C11H9ClFN3. The van der Waals surface area contributed by atoms with Gasteiger partial charge in [0, 0.05) is 16.9 Å². The van der Waals surface area contributed by atoms with E-state index in [9.17, 15) is 4.39 Å². The van der Waals surface area contributed by atoms with Crippen molar-refractivity contribution in [2.24, 2.45) is 0 Å². The molecule has 1 aromatic heterocycles. The molecule has 1 aromatic carbocycles. The fourth-order valence-electron chi connectivity index (χ4n) is 1.30. The van der Waals surface area contributed by atoms with E-state index in [4.69, 9.17) is 17.3 Å². The first-order chi connectivity index (χ1) is 7.65. The van der Waals surface area contributed by atoms with E-state index in [0.29, 0.717) is 22.1 Å². The van der Waals surface area contributed by atoms with Gasteiger partial charge in [-0.1, -0.05) is 11.6 Å². The standard InChI is InChI=1S/C11H9ClFN3/c12-7-3-8(13)5-9(4-7)16-11-1-2-15-6-10(11)14/h1-6H,14H2,(H,15,16). The summed E-state index contributed by atoms with van der Waals surface area (Å²) in [6.45, 7) is 0. The quantitative estimate of drug-likeness (QED) is 0.843. The van der Waals surface area contributed by atoms with Crippen LogP contribution in [0.3, 0.4) is 0 Å². The van der Waals surface area contributed by atoms with Gasteiger partial charge in [0.2, 0.25) is 0 Å². The molecule has 0 amide bonds. The Balaban J connectivity index is 2.30. The van der Waals surface area contributed by atoms with Gasteiger partial charge in [0.15, 0.2) is 0 Å². The zero-order valence-corrected chi connectivity index (χ0v) is 9.00. The molecule has 16 heavy (non-hydrogen) atoms. The maximum atomic E-state index is 13.1. The molecule has 0 unspecified atom stereocenters. The van der Waals surface area contributed by atoms with Crippen molar-refractivity contribution < 1.29 is 4.39 Å². The van der Waals surface area contributed by atoms with Gasteiger partial charge in [-0.05, 0) is 24.3 Å². The first kappa shape index (κ1) is 10.7. The van der Waals surface area contributed by atoms with Crippen LogP contribution in [0, 0.1) is 5.82 Å². The third kappa shape index (κ3) is 2.41. The van der Waals surface area contributed by atoms with Crippen LogP contribution < -0.4 is 11.1 Å². The molecule has 3 nitrogen and oxygen atoms in total. The number of nitrogens with two attached hydrogens (primary N) is 1. The first-order valence-corrected chi connectivity index (χ1v) is 4.95. The van der Waals surface area contributed by atoms with Crippen LogP contribution in [0.15, 0.2) is 36.7 Å². The highest BCUT2D eigenvalue weighted by Gasteiger charge is 2.02. The van der Waals surface area contributed by atoms with Crippen molar-refractivity contribution in [3.63, 3.8) is 0 Å². The number of nitrogens with zero attached hydrogens (tertiary/aromatic N) is 1. The van der Waals surface area contributed by atoms with Crippen LogP contribution in [0.1, 0.15) is 0 Å². The molecule has 0 spiro atoms. The minimum absolute atomic E-state index is 0.329. The van der Waals surface area contributed by atoms with Gasteiger partial charge in [-0.15, -0.1) is 0 Å². The van der Waals surface area contributed by atoms with Crippen LogP contribution in [0.5, 0.6) is 0 Å². The van der Waals surface area contributed by atoms with Crippen LogP contribution in [0.4, 0.5) is 21.5 Å². The van der Waals surface area contributed by atoms with E-state index in [2.05, 4.69) is 10.3 Å². The topological polar surface area (TPSA) is 50.9 Å². The van der Waals surface area contributed by atoms with E-state index in [1.807, 2.05) is 0 Å². The summed E-state index contributed by atoms with van der Waals surface area (Å²) in [6.07, 6.45) is 3.11. The van der Waals surface area contributed by atoms with Crippen molar-refractivity contribution >= 4 is 28.7 Å². The van der Waals surface area contributed by atoms with Crippen molar-refractivity contribution in [1.29, 1.82) is 0 Å². The average Bonchev–Trinajstić information content (AvgIpc) is 2.20. The predicted octanol–water partition coefficient (Wildman–Crippen LogP) is 3.20. The Hall–Kier alpha value is -1.81. The molecule has 0 radical (unpaired) electrons. The Morgan fingerprint density at radius 3 is 2.81 bits per heavy atom. The number of nitrogens with one attached hydrogen (secondary N) is 1. The Kier molecular flexibility index (Phi) is 2.92. The van der Waals surface area contributed by atoms with Crippen LogP contribution in [-0.2, 0) is 0 Å². The molecule has 0 bridgehead atoms. The number of anilines is 3. The SMILES string of the molecule is Nc1cnccc1Nc1cc(F)cc(Cl)c1. The summed E-state index contributed by atoms with van der Waals surface area (Å²) in [7, 11) is 0. The molecule has 0 aliphatic rings. The number of hydrogen-bond donors (Lipinski definition) is 2. The minimum Gasteiger partial charge on any atom is -0.396 e. The second-order valence-electron chi connectivity index (χ2n) is 3.25. The third-order valence-corrected chi connectivity index (χ3v) is 2.21. The normalized spacial score (nSPS) is 10.1. The summed E-state index contributed by atoms with van der Waals surface area (Å²) in [6, 6.07) is 5.90. The molecule has 5 heteroatoms. The van der Waals surface area contributed by atoms with Crippen LogP contribution in [0.2, 0.25) is 5.02 Å². The molecule has 2 aromatic rings. The lowest BCUT2D eigenvalue weighted by Gasteiger charge is -2.08. The summed E-state index contributed by atoms with van der Waals surface area (Å²) >= 11 is 5.73. The number of rotatable bonds is 2. The van der Waals surface area contributed by atoms with Gasteiger partial charge in [0.1, 0.15) is 5.82 Å². The summed E-state index contributed by atoms with van der Waals surface area (Å²) < 4.78 is 13.1. The molecule has 3 N–H and O–H groups in total. The Bertz CT molecular complexity index is 496. The molecule has 0 aliphatic carbocycles. The Morgan fingerprint density at radius 2 is 2.12 bits per heavy atom. The first-order valence-electron chi connectivity index (χ1n) is 4.58. The summed E-state index contributed by atoms with van der Waals surface area (Å²) in [4.78, 5) is 3.86. The number of aromatic nitrogens is 1. The van der Waals surface area contributed by atoms with E-state index < -0.39 is 5.82 Å². The lowest BCUT2D eigenvalue weighted by molar-refractivity contribution is 0.628. The number of pyridine rings is 1. The van der Waals surface area contributed by atoms with E-state index in [-0.39, 0.29) is 0 Å². The third-order valence-electron chi connectivity index (χ3n) is 1.99. The van der Waals surface area contributed by atoms with E-state index >= 15 is 0 Å². The average molecular weight is 238 g/mol. The van der Waals surface area contributed by atoms with Crippen LogP contribution in [-0.4, -0.2) is 4.98 Å². The van der Waals surface area contributed by atoms with E-state index in [1.165, 1.54) is 18.3 Å². The fraction of sp³-hybridized carbons (Fsp3) is 0.